The SMILES string of the molecule is CCc1ccc2c(c1)CC(CN)N2C. The minimum atomic E-state index is 0.497. The van der Waals surface area contributed by atoms with Crippen LogP contribution in [0.4, 0.5) is 5.69 Å². The molecule has 0 saturated heterocycles. The lowest BCUT2D eigenvalue weighted by atomic mass is 10.1. The van der Waals surface area contributed by atoms with Crippen LogP contribution in [0.2, 0.25) is 0 Å². The molecule has 1 aliphatic rings. The van der Waals surface area contributed by atoms with E-state index in [0.29, 0.717) is 6.04 Å². The Hall–Kier alpha value is -1.02. The van der Waals surface area contributed by atoms with Crippen molar-refractivity contribution < 1.29 is 0 Å². The zero-order chi connectivity index (χ0) is 10.1. The molecule has 0 aromatic heterocycles. The minimum absolute atomic E-state index is 0.497. The van der Waals surface area contributed by atoms with Gasteiger partial charge in [0.15, 0.2) is 0 Å². The van der Waals surface area contributed by atoms with Gasteiger partial charge in [0.25, 0.3) is 0 Å². The van der Waals surface area contributed by atoms with Crippen LogP contribution in [0.15, 0.2) is 18.2 Å². The Morgan fingerprint density at radius 3 is 2.93 bits per heavy atom. The van der Waals surface area contributed by atoms with Gasteiger partial charge in [-0.2, -0.15) is 0 Å². The molecule has 2 rings (SSSR count). The highest BCUT2D eigenvalue weighted by molar-refractivity contribution is 5.60. The molecular formula is C12H18N2. The van der Waals surface area contributed by atoms with Crippen LogP contribution in [0.3, 0.4) is 0 Å². The maximum atomic E-state index is 5.73. The summed E-state index contributed by atoms with van der Waals surface area (Å²) in [6.45, 7) is 2.94. The van der Waals surface area contributed by atoms with Crippen LogP contribution in [0.1, 0.15) is 18.1 Å². The molecule has 0 aliphatic carbocycles. The maximum Gasteiger partial charge on any atom is 0.0450 e. The van der Waals surface area contributed by atoms with Crippen molar-refractivity contribution >= 4 is 5.69 Å². The van der Waals surface area contributed by atoms with Gasteiger partial charge in [-0.05, 0) is 30.0 Å². The Labute approximate surface area is 85.7 Å². The van der Waals surface area contributed by atoms with Gasteiger partial charge in [0, 0.05) is 25.3 Å². The molecule has 1 unspecified atom stereocenters. The van der Waals surface area contributed by atoms with E-state index in [1.807, 2.05) is 0 Å². The number of benzene rings is 1. The zero-order valence-corrected chi connectivity index (χ0v) is 8.96. The smallest absolute Gasteiger partial charge is 0.0450 e. The highest BCUT2D eigenvalue weighted by Gasteiger charge is 2.24. The Morgan fingerprint density at radius 1 is 1.50 bits per heavy atom. The van der Waals surface area contributed by atoms with E-state index in [9.17, 15) is 0 Å². The number of nitrogens with two attached hydrogens (primary N) is 1. The third-order valence-electron chi connectivity index (χ3n) is 3.21. The number of nitrogens with zero attached hydrogens (tertiary/aromatic N) is 1. The van der Waals surface area contributed by atoms with Crippen molar-refractivity contribution in [2.24, 2.45) is 5.73 Å². The van der Waals surface area contributed by atoms with Crippen molar-refractivity contribution in [3.8, 4) is 0 Å². The third-order valence-corrected chi connectivity index (χ3v) is 3.21. The van der Waals surface area contributed by atoms with Crippen LogP contribution in [0.25, 0.3) is 0 Å². The molecular weight excluding hydrogens is 172 g/mol. The van der Waals surface area contributed by atoms with Crippen molar-refractivity contribution in [3.05, 3.63) is 29.3 Å². The second kappa shape index (κ2) is 3.62. The molecule has 0 radical (unpaired) electrons. The van der Waals surface area contributed by atoms with E-state index in [1.54, 1.807) is 0 Å². The summed E-state index contributed by atoms with van der Waals surface area (Å²) in [6, 6.07) is 7.26. The molecule has 0 spiro atoms. The molecule has 0 fully saturated rings. The van der Waals surface area contributed by atoms with Crippen LogP contribution >= 0.6 is 0 Å². The van der Waals surface area contributed by atoms with Crippen LogP contribution in [0.5, 0.6) is 0 Å². The topological polar surface area (TPSA) is 29.3 Å². The predicted octanol–water partition coefficient (Wildman–Crippen LogP) is 1.57. The van der Waals surface area contributed by atoms with Gasteiger partial charge >= 0.3 is 0 Å². The van der Waals surface area contributed by atoms with Crippen molar-refractivity contribution in [2.75, 3.05) is 18.5 Å². The standard InChI is InChI=1S/C12H18N2/c1-3-9-4-5-12-10(6-9)7-11(8-13)14(12)2/h4-6,11H,3,7-8,13H2,1-2H3. The van der Waals surface area contributed by atoms with E-state index >= 15 is 0 Å². The number of anilines is 1. The number of aryl methyl sites for hydroxylation is 1. The largest absolute Gasteiger partial charge is 0.370 e. The van der Waals surface area contributed by atoms with Crippen LogP contribution in [-0.4, -0.2) is 19.6 Å². The Morgan fingerprint density at radius 2 is 2.29 bits per heavy atom. The molecule has 14 heavy (non-hydrogen) atoms. The monoisotopic (exact) mass is 190 g/mol. The fraction of sp³-hybridized carbons (Fsp3) is 0.500. The summed E-state index contributed by atoms with van der Waals surface area (Å²) in [4.78, 5) is 2.30. The van der Waals surface area contributed by atoms with Gasteiger partial charge in [-0.3, -0.25) is 0 Å². The van der Waals surface area contributed by atoms with Gasteiger partial charge in [0.05, 0.1) is 0 Å². The lowest BCUT2D eigenvalue weighted by Crippen LogP contribution is -2.34. The van der Waals surface area contributed by atoms with Crippen LogP contribution < -0.4 is 10.6 Å². The predicted molar refractivity (Wildman–Crippen MR) is 60.8 cm³/mol. The molecule has 2 heteroatoms. The molecule has 0 bridgehead atoms. The van der Waals surface area contributed by atoms with E-state index in [1.165, 1.54) is 16.8 Å². The van der Waals surface area contributed by atoms with E-state index in [-0.39, 0.29) is 0 Å². The second-order valence-electron chi connectivity index (χ2n) is 4.02. The third kappa shape index (κ3) is 1.40. The first-order chi connectivity index (χ1) is 6.76. The molecule has 2 nitrogen and oxygen atoms in total. The number of fused-ring (bicyclic) bond motifs is 1. The van der Waals surface area contributed by atoms with Gasteiger partial charge < -0.3 is 10.6 Å². The van der Waals surface area contributed by atoms with Crippen molar-refractivity contribution in [2.45, 2.75) is 25.8 Å². The van der Waals surface area contributed by atoms with Crippen LogP contribution in [-0.2, 0) is 12.8 Å². The van der Waals surface area contributed by atoms with E-state index in [0.717, 1.165) is 19.4 Å². The molecule has 0 saturated carbocycles. The number of hydrogen-bond acceptors (Lipinski definition) is 2. The molecule has 76 valence electrons. The average molecular weight is 190 g/mol. The molecule has 1 heterocycles. The molecule has 1 atom stereocenters. The Kier molecular flexibility index (Phi) is 2.46. The van der Waals surface area contributed by atoms with Gasteiger partial charge in [-0.15, -0.1) is 0 Å². The summed E-state index contributed by atoms with van der Waals surface area (Å²) < 4.78 is 0. The molecule has 1 aromatic rings. The van der Waals surface area contributed by atoms with Gasteiger partial charge in [-0.1, -0.05) is 19.1 Å². The summed E-state index contributed by atoms with van der Waals surface area (Å²) in [5.41, 5.74) is 9.98. The lowest BCUT2D eigenvalue weighted by Gasteiger charge is -2.20. The summed E-state index contributed by atoms with van der Waals surface area (Å²) in [5.74, 6) is 0. The zero-order valence-electron chi connectivity index (χ0n) is 8.96. The lowest BCUT2D eigenvalue weighted by molar-refractivity contribution is 0.675. The van der Waals surface area contributed by atoms with Gasteiger partial charge in [-0.25, -0.2) is 0 Å². The Balaban J connectivity index is 2.34. The summed E-state index contributed by atoms with van der Waals surface area (Å²) in [6.07, 6.45) is 2.22. The highest BCUT2D eigenvalue weighted by atomic mass is 15.2. The molecule has 0 amide bonds. The molecule has 1 aliphatic heterocycles. The number of rotatable bonds is 2. The maximum absolute atomic E-state index is 5.73. The van der Waals surface area contributed by atoms with Crippen molar-refractivity contribution in [1.82, 2.24) is 0 Å². The first kappa shape index (κ1) is 9.53. The first-order valence-electron chi connectivity index (χ1n) is 5.31. The number of likely N-dealkylation sites (N-methyl/N-ethyl adjacent to an activating group) is 1. The summed E-state index contributed by atoms with van der Waals surface area (Å²) in [7, 11) is 2.13. The second-order valence-corrected chi connectivity index (χ2v) is 4.02. The highest BCUT2D eigenvalue weighted by Crippen LogP contribution is 2.31. The average Bonchev–Trinajstić information content (AvgIpc) is 2.55. The van der Waals surface area contributed by atoms with Gasteiger partial charge in [0.2, 0.25) is 0 Å². The molecule has 2 N–H and O–H groups in total. The van der Waals surface area contributed by atoms with Crippen molar-refractivity contribution in [1.29, 1.82) is 0 Å². The molecule has 1 aromatic carbocycles. The quantitative estimate of drug-likeness (QED) is 0.767. The first-order valence-corrected chi connectivity index (χ1v) is 5.31. The Bertz CT molecular complexity index is 333. The van der Waals surface area contributed by atoms with E-state index in [2.05, 4.69) is 37.1 Å². The van der Waals surface area contributed by atoms with E-state index in [4.69, 9.17) is 5.73 Å². The minimum Gasteiger partial charge on any atom is -0.370 e. The summed E-state index contributed by atoms with van der Waals surface area (Å²) in [5, 5.41) is 0. The van der Waals surface area contributed by atoms with E-state index < -0.39 is 0 Å². The fourth-order valence-corrected chi connectivity index (χ4v) is 2.20. The van der Waals surface area contributed by atoms with Crippen molar-refractivity contribution in [3.63, 3.8) is 0 Å². The van der Waals surface area contributed by atoms with Crippen LogP contribution in [0, 0.1) is 0 Å². The normalized spacial score (nSPS) is 19.9. The fourth-order valence-electron chi connectivity index (χ4n) is 2.20. The number of hydrogen-bond donors (Lipinski definition) is 1. The summed E-state index contributed by atoms with van der Waals surface area (Å²) >= 11 is 0. The van der Waals surface area contributed by atoms with Gasteiger partial charge in [0.1, 0.15) is 0 Å².